The van der Waals surface area contributed by atoms with Gasteiger partial charge in [-0.2, -0.15) is 0 Å². The lowest BCUT2D eigenvalue weighted by atomic mass is 9.82. The van der Waals surface area contributed by atoms with Gasteiger partial charge in [-0.05, 0) is 72.8 Å². The molecule has 1 saturated carbocycles. The van der Waals surface area contributed by atoms with Gasteiger partial charge in [0.1, 0.15) is 6.26 Å². The van der Waals surface area contributed by atoms with E-state index in [1.165, 1.54) is 19.3 Å². The number of carbonyl (C=O) groups is 1. The topological polar surface area (TPSA) is 73.2 Å². The maximum Gasteiger partial charge on any atom is 0.306 e. The molecule has 0 radical (unpaired) electrons. The molecule has 0 aliphatic heterocycles. The van der Waals surface area contributed by atoms with Gasteiger partial charge in [0.05, 0.1) is 5.92 Å². The molecule has 28 heavy (non-hydrogen) atoms. The second kappa shape index (κ2) is 7.68. The Kier molecular flexibility index (Phi) is 5.41. The monoisotopic (exact) mass is 399 g/mol. The Morgan fingerprint density at radius 1 is 1.43 bits per heavy atom. The third kappa shape index (κ3) is 3.67. The van der Waals surface area contributed by atoms with Crippen LogP contribution in [0.15, 0.2) is 23.2 Å². The van der Waals surface area contributed by atoms with E-state index in [0.29, 0.717) is 24.7 Å². The molecule has 2 aliphatic rings. The van der Waals surface area contributed by atoms with Gasteiger partial charge in [0.2, 0.25) is 0 Å². The molecule has 1 N–H and O–H groups in total. The molecule has 4 rings (SSSR count). The molecule has 4 nitrogen and oxygen atoms in total. The minimum Gasteiger partial charge on any atom is -0.612 e. The summed E-state index contributed by atoms with van der Waals surface area (Å²) in [6.07, 6.45) is 9.16. The SMILES string of the molecule is CCC(C)CC1CC1c1cc2c([S+](C)[O-])c3c(cc2cn1)CCC(C(=O)O)C3. The minimum absolute atomic E-state index is 0.378. The molecule has 0 bridgehead atoms. The van der Waals surface area contributed by atoms with Crippen molar-refractivity contribution in [2.75, 3.05) is 6.26 Å². The van der Waals surface area contributed by atoms with Crippen molar-refractivity contribution in [1.82, 2.24) is 4.98 Å². The lowest BCUT2D eigenvalue weighted by molar-refractivity contribution is -0.142. The van der Waals surface area contributed by atoms with E-state index < -0.39 is 17.1 Å². The van der Waals surface area contributed by atoms with Gasteiger partial charge in [-0.1, -0.05) is 20.3 Å². The van der Waals surface area contributed by atoms with Crippen LogP contribution in [0.3, 0.4) is 0 Å². The number of rotatable bonds is 6. The average Bonchev–Trinajstić information content (AvgIpc) is 3.43. The predicted molar refractivity (Wildman–Crippen MR) is 112 cm³/mol. The fourth-order valence-electron chi connectivity index (χ4n) is 4.80. The predicted octanol–water partition coefficient (Wildman–Crippen LogP) is 4.70. The highest BCUT2D eigenvalue weighted by molar-refractivity contribution is 7.91. The normalized spacial score (nSPS) is 25.9. The van der Waals surface area contributed by atoms with E-state index in [4.69, 9.17) is 4.98 Å². The number of fused-ring (bicyclic) bond motifs is 2. The van der Waals surface area contributed by atoms with Gasteiger partial charge in [-0.25, -0.2) is 0 Å². The number of aliphatic carboxylic acids is 1. The first-order valence-electron chi connectivity index (χ1n) is 10.4. The molecule has 0 saturated heterocycles. The lowest BCUT2D eigenvalue weighted by Gasteiger charge is -2.25. The van der Waals surface area contributed by atoms with Crippen LogP contribution in [0.1, 0.15) is 62.3 Å². The van der Waals surface area contributed by atoms with E-state index in [1.54, 1.807) is 6.26 Å². The number of hydrogen-bond acceptors (Lipinski definition) is 3. The van der Waals surface area contributed by atoms with Crippen molar-refractivity contribution >= 4 is 27.9 Å². The number of pyridine rings is 1. The van der Waals surface area contributed by atoms with Crippen molar-refractivity contribution in [3.05, 3.63) is 35.2 Å². The zero-order chi connectivity index (χ0) is 20.0. The molecular weight excluding hydrogens is 370 g/mol. The van der Waals surface area contributed by atoms with Crippen LogP contribution in [0.4, 0.5) is 0 Å². The van der Waals surface area contributed by atoms with E-state index in [-0.39, 0.29) is 5.92 Å². The molecule has 150 valence electrons. The van der Waals surface area contributed by atoms with E-state index >= 15 is 0 Å². The van der Waals surface area contributed by atoms with Crippen molar-refractivity contribution in [2.24, 2.45) is 17.8 Å². The summed E-state index contributed by atoms with van der Waals surface area (Å²) < 4.78 is 12.7. The Morgan fingerprint density at radius 2 is 2.21 bits per heavy atom. The average molecular weight is 400 g/mol. The van der Waals surface area contributed by atoms with Crippen LogP contribution in [0.25, 0.3) is 10.8 Å². The first-order valence-corrected chi connectivity index (χ1v) is 12.0. The number of benzene rings is 1. The standard InChI is InChI=1S/C23H29NO3S/c1-4-13(2)7-16-10-18(16)21-11-20-17(12-24-21)8-14-5-6-15(23(25)26)9-19(14)22(20)28(3)27/h8,11-13,15-16,18H,4-7,9-10H2,1-3H3,(H,25,26). The number of nitrogens with zero attached hydrogens (tertiary/aromatic N) is 1. The van der Waals surface area contributed by atoms with Gasteiger partial charge in [-0.3, -0.25) is 9.78 Å². The molecule has 0 amide bonds. The third-order valence-corrected chi connectivity index (χ3v) is 7.79. The first kappa shape index (κ1) is 19.7. The summed E-state index contributed by atoms with van der Waals surface area (Å²) in [7, 11) is 0. The summed E-state index contributed by atoms with van der Waals surface area (Å²) >= 11 is -1.16. The van der Waals surface area contributed by atoms with E-state index in [0.717, 1.165) is 44.8 Å². The van der Waals surface area contributed by atoms with Crippen molar-refractivity contribution in [3.63, 3.8) is 0 Å². The molecule has 5 unspecified atom stereocenters. The zero-order valence-corrected chi connectivity index (χ0v) is 17.7. The highest BCUT2D eigenvalue weighted by Gasteiger charge is 2.40. The quantitative estimate of drug-likeness (QED) is 0.715. The van der Waals surface area contributed by atoms with E-state index in [2.05, 4.69) is 26.0 Å². The molecule has 1 aromatic carbocycles. The Balaban J connectivity index is 1.72. The Bertz CT molecular complexity index is 910. The molecule has 5 atom stereocenters. The van der Waals surface area contributed by atoms with Crippen molar-refractivity contribution in [1.29, 1.82) is 0 Å². The fourth-order valence-corrected chi connectivity index (χ4v) is 5.85. The summed E-state index contributed by atoms with van der Waals surface area (Å²) in [5.74, 6) is 0.842. The van der Waals surface area contributed by atoms with Gasteiger partial charge in [0.25, 0.3) is 0 Å². The van der Waals surface area contributed by atoms with Crippen LogP contribution in [-0.2, 0) is 28.8 Å². The molecular formula is C23H29NO3S. The zero-order valence-electron chi connectivity index (χ0n) is 16.9. The van der Waals surface area contributed by atoms with E-state index in [9.17, 15) is 14.5 Å². The lowest BCUT2D eigenvalue weighted by Crippen LogP contribution is -2.24. The van der Waals surface area contributed by atoms with Crippen molar-refractivity contribution in [2.45, 2.75) is 63.2 Å². The molecule has 1 fully saturated rings. The number of hydrogen-bond donors (Lipinski definition) is 1. The molecule has 0 spiro atoms. The third-order valence-electron chi connectivity index (χ3n) is 6.75. The summed E-state index contributed by atoms with van der Waals surface area (Å²) in [4.78, 5) is 17.1. The summed E-state index contributed by atoms with van der Waals surface area (Å²) in [6.45, 7) is 4.55. The number of carboxylic acid groups (broad SMARTS) is 1. The molecule has 2 aliphatic carbocycles. The number of aromatic nitrogens is 1. The van der Waals surface area contributed by atoms with Crippen molar-refractivity contribution in [3.8, 4) is 0 Å². The summed E-state index contributed by atoms with van der Waals surface area (Å²) in [6, 6.07) is 4.28. The van der Waals surface area contributed by atoms with Gasteiger partial charge in [0, 0.05) is 34.1 Å². The summed E-state index contributed by atoms with van der Waals surface area (Å²) in [5, 5.41) is 11.5. The first-order chi connectivity index (χ1) is 13.4. The van der Waals surface area contributed by atoms with Gasteiger partial charge >= 0.3 is 5.97 Å². The Hall–Kier alpha value is -1.59. The van der Waals surface area contributed by atoms with E-state index in [1.807, 2.05) is 6.20 Å². The molecule has 1 heterocycles. The largest absolute Gasteiger partial charge is 0.612 e. The van der Waals surface area contributed by atoms with Gasteiger partial charge < -0.3 is 9.66 Å². The van der Waals surface area contributed by atoms with Crippen LogP contribution >= 0.6 is 0 Å². The number of aryl methyl sites for hydroxylation is 1. The number of carboxylic acids is 1. The highest BCUT2D eigenvalue weighted by atomic mass is 32.2. The van der Waals surface area contributed by atoms with Crippen LogP contribution in [-0.4, -0.2) is 26.9 Å². The fraction of sp³-hybridized carbons (Fsp3) is 0.565. The Morgan fingerprint density at radius 3 is 2.89 bits per heavy atom. The summed E-state index contributed by atoms with van der Waals surface area (Å²) in [5.41, 5.74) is 3.25. The molecule has 5 heteroatoms. The highest BCUT2D eigenvalue weighted by Crippen LogP contribution is 2.51. The molecule has 2 aromatic rings. The minimum atomic E-state index is -1.16. The van der Waals surface area contributed by atoms with Crippen LogP contribution < -0.4 is 0 Å². The van der Waals surface area contributed by atoms with Crippen molar-refractivity contribution < 1.29 is 14.5 Å². The maximum absolute atomic E-state index is 12.7. The second-order valence-corrected chi connectivity index (χ2v) is 10.1. The maximum atomic E-state index is 12.7. The van der Waals surface area contributed by atoms with Crippen LogP contribution in [0, 0.1) is 17.8 Å². The Labute approximate surface area is 169 Å². The van der Waals surface area contributed by atoms with Crippen LogP contribution in [0.2, 0.25) is 0 Å². The van der Waals surface area contributed by atoms with Crippen LogP contribution in [0.5, 0.6) is 0 Å². The molecule has 1 aromatic heterocycles. The second-order valence-electron chi connectivity index (χ2n) is 8.76. The smallest absolute Gasteiger partial charge is 0.306 e. The van der Waals surface area contributed by atoms with Gasteiger partial charge in [0.15, 0.2) is 4.90 Å². The van der Waals surface area contributed by atoms with Gasteiger partial charge in [-0.15, -0.1) is 0 Å².